The molecule has 5 nitrogen and oxygen atoms in total. The Bertz CT molecular complexity index is 2480. The van der Waals surface area contributed by atoms with Gasteiger partial charge in [0.15, 0.2) is 17.5 Å². The topological polar surface area (TPSA) is 74.8 Å². The standard InChI is InChI=1S/C45H31N5/c46-28-36-14-8-16-39-38-22-21-34(27-40(38)45(41(36)39)23-5-2-6-24-45)33-12-7-13-35(26-33)44-49-42(31-10-3-1-4-11-31)48-43(50-44)32-19-17-30(18-20-32)37-15-9-25-47-29-37/h1,3-4,7-8,10-14,16-22,25-27,29H,2,5-6,23-24H2. The highest BCUT2D eigenvalue weighted by molar-refractivity contribution is 6.10. The fourth-order valence-electron chi connectivity index (χ4n) is 7.97. The summed E-state index contributed by atoms with van der Waals surface area (Å²) in [6.45, 7) is 0. The first-order valence-electron chi connectivity index (χ1n) is 17.2. The highest BCUT2D eigenvalue weighted by Crippen LogP contribution is 2.57. The molecular weight excluding hydrogens is 611 g/mol. The summed E-state index contributed by atoms with van der Waals surface area (Å²) in [5.41, 5.74) is 18.7. The number of hydrogen-bond acceptors (Lipinski definition) is 5. The number of nitriles is 1. The smallest absolute Gasteiger partial charge is 0.164 e. The highest BCUT2D eigenvalue weighted by Gasteiger charge is 2.45. The maximum absolute atomic E-state index is 10.1. The van der Waals surface area contributed by atoms with Crippen LogP contribution < -0.4 is 0 Å². The summed E-state index contributed by atoms with van der Waals surface area (Å²) in [5, 5.41) is 10.1. The molecule has 1 aliphatic heterocycles. The van der Waals surface area contributed by atoms with Crippen LogP contribution in [0.3, 0.4) is 0 Å². The van der Waals surface area contributed by atoms with Gasteiger partial charge in [0.05, 0.1) is 23.4 Å². The third kappa shape index (κ3) is 5.04. The van der Waals surface area contributed by atoms with Gasteiger partial charge in [-0.1, -0.05) is 122 Å². The molecule has 0 unspecified atom stereocenters. The van der Waals surface area contributed by atoms with Gasteiger partial charge in [-0.05, 0) is 75.7 Å². The number of fused-ring (bicyclic) bond motifs is 5. The number of aromatic nitrogens is 3. The molecule has 0 bridgehead atoms. The second-order valence-corrected chi connectivity index (χ2v) is 13.2. The zero-order valence-electron chi connectivity index (χ0n) is 27.4. The van der Waals surface area contributed by atoms with E-state index >= 15 is 0 Å². The van der Waals surface area contributed by atoms with E-state index in [9.17, 15) is 5.26 Å². The molecule has 0 N–H and O–H groups in total. The van der Waals surface area contributed by atoms with E-state index in [0.29, 0.717) is 17.5 Å². The maximum Gasteiger partial charge on any atom is 0.164 e. The Balaban J connectivity index is 1.14. The molecule has 2 aliphatic carbocycles. The Morgan fingerprint density at radius 3 is 1.96 bits per heavy atom. The van der Waals surface area contributed by atoms with Crippen molar-refractivity contribution in [1.29, 1.82) is 5.26 Å². The van der Waals surface area contributed by atoms with Gasteiger partial charge >= 0.3 is 0 Å². The van der Waals surface area contributed by atoms with Crippen LogP contribution in [-0.4, -0.2) is 21.2 Å². The summed E-state index contributed by atoms with van der Waals surface area (Å²) in [4.78, 5) is 19.1. The van der Waals surface area contributed by atoms with Crippen LogP contribution in [0.5, 0.6) is 0 Å². The highest BCUT2D eigenvalue weighted by atomic mass is 15.0. The molecular formula is C45H31N5. The van der Waals surface area contributed by atoms with E-state index in [1.54, 1.807) is 12.4 Å². The Morgan fingerprint density at radius 1 is 0.580 bits per heavy atom. The Morgan fingerprint density at radius 2 is 1.22 bits per heavy atom. The van der Waals surface area contributed by atoms with E-state index in [-0.39, 0.29) is 5.41 Å². The number of benzene rings is 5. The van der Waals surface area contributed by atoms with Crippen LogP contribution >= 0.6 is 0 Å². The summed E-state index contributed by atoms with van der Waals surface area (Å²) in [6.07, 6.45) is 9.13. The van der Waals surface area contributed by atoms with Crippen LogP contribution in [0, 0.1) is 11.3 Å². The first-order chi connectivity index (χ1) is 24.7. The summed E-state index contributed by atoms with van der Waals surface area (Å²) < 4.78 is 0. The van der Waals surface area contributed by atoms with Crippen LogP contribution in [0.15, 0.2) is 138 Å². The average Bonchev–Trinajstić information content (AvgIpc) is 3.46. The molecule has 0 radical (unpaired) electrons. The molecule has 0 saturated heterocycles. The van der Waals surface area contributed by atoms with Crippen LogP contribution in [0.25, 0.3) is 62.0 Å². The van der Waals surface area contributed by atoms with Crippen LogP contribution in [-0.2, 0) is 5.41 Å². The SMILES string of the molecule is N#Cc1cccc2c1C1(CCCCC1)c1cc(-c3cccc(-c4nc(-c5ccccc5)nc(-c5ccc(C6=C=C=CN=C6)cc5)n4)c3)ccc1-2. The molecule has 6 aromatic rings. The lowest BCUT2D eigenvalue weighted by molar-refractivity contribution is 0.352. The van der Waals surface area contributed by atoms with Crippen molar-refractivity contribution in [3.63, 3.8) is 0 Å². The van der Waals surface area contributed by atoms with Gasteiger partial charge in [0.25, 0.3) is 0 Å². The summed E-state index contributed by atoms with van der Waals surface area (Å²) in [6, 6.07) is 42.3. The molecule has 5 aromatic carbocycles. The number of nitrogens with zero attached hydrogens (tertiary/aromatic N) is 5. The average molecular weight is 642 g/mol. The van der Waals surface area contributed by atoms with E-state index < -0.39 is 0 Å². The number of hydrogen-bond donors (Lipinski definition) is 0. The summed E-state index contributed by atoms with van der Waals surface area (Å²) >= 11 is 0. The van der Waals surface area contributed by atoms with Crippen molar-refractivity contribution >= 4 is 11.8 Å². The second kappa shape index (κ2) is 12.2. The molecule has 236 valence electrons. The zero-order chi connectivity index (χ0) is 33.5. The third-order valence-corrected chi connectivity index (χ3v) is 10.3. The normalized spacial score (nSPS) is 15.0. The molecule has 9 rings (SSSR count). The number of aliphatic imine (C=N–C) groups is 1. The van der Waals surface area contributed by atoms with Gasteiger partial charge in [0.2, 0.25) is 0 Å². The van der Waals surface area contributed by atoms with Crippen molar-refractivity contribution in [2.75, 3.05) is 0 Å². The van der Waals surface area contributed by atoms with Crippen LogP contribution in [0.1, 0.15) is 54.4 Å². The van der Waals surface area contributed by atoms with Gasteiger partial charge in [-0.3, -0.25) is 4.99 Å². The zero-order valence-corrected chi connectivity index (χ0v) is 27.4. The minimum absolute atomic E-state index is 0.112. The molecule has 1 saturated carbocycles. The van der Waals surface area contributed by atoms with Crippen LogP contribution in [0.4, 0.5) is 0 Å². The predicted octanol–water partition coefficient (Wildman–Crippen LogP) is 10.4. The van der Waals surface area contributed by atoms with Crippen molar-refractivity contribution in [1.82, 2.24) is 15.0 Å². The van der Waals surface area contributed by atoms with Gasteiger partial charge in [-0.15, -0.1) is 0 Å². The summed E-state index contributed by atoms with van der Waals surface area (Å²) in [5.74, 6) is 1.85. The largest absolute Gasteiger partial charge is 0.254 e. The van der Waals surface area contributed by atoms with E-state index in [4.69, 9.17) is 15.0 Å². The van der Waals surface area contributed by atoms with E-state index in [2.05, 4.69) is 71.1 Å². The van der Waals surface area contributed by atoms with Gasteiger partial charge in [-0.2, -0.15) is 5.26 Å². The van der Waals surface area contributed by atoms with Crippen molar-refractivity contribution < 1.29 is 0 Å². The Kier molecular flexibility index (Phi) is 7.26. The van der Waals surface area contributed by atoms with E-state index in [1.807, 2.05) is 66.7 Å². The predicted molar refractivity (Wildman–Crippen MR) is 199 cm³/mol. The van der Waals surface area contributed by atoms with Gasteiger partial charge in [-0.25, -0.2) is 15.0 Å². The second-order valence-electron chi connectivity index (χ2n) is 13.2. The van der Waals surface area contributed by atoms with E-state index in [0.717, 1.165) is 57.4 Å². The van der Waals surface area contributed by atoms with E-state index in [1.165, 1.54) is 41.5 Å². The molecule has 1 aromatic heterocycles. The third-order valence-electron chi connectivity index (χ3n) is 10.3. The van der Waals surface area contributed by atoms with Crippen molar-refractivity contribution in [3.05, 3.63) is 155 Å². The molecule has 0 amide bonds. The Labute approximate surface area is 291 Å². The Hall–Kier alpha value is -6.43. The van der Waals surface area contributed by atoms with Gasteiger partial charge < -0.3 is 0 Å². The first-order valence-corrected chi connectivity index (χ1v) is 17.2. The lowest BCUT2D eigenvalue weighted by Gasteiger charge is -2.36. The van der Waals surface area contributed by atoms with Gasteiger partial charge in [0.1, 0.15) is 0 Å². The fourth-order valence-corrected chi connectivity index (χ4v) is 7.97. The first kappa shape index (κ1) is 29.7. The molecule has 0 atom stereocenters. The molecule has 5 heteroatoms. The van der Waals surface area contributed by atoms with Crippen molar-refractivity contribution in [2.45, 2.75) is 37.5 Å². The minimum atomic E-state index is -0.112. The lowest BCUT2D eigenvalue weighted by Crippen LogP contribution is -2.29. The van der Waals surface area contributed by atoms with Gasteiger partial charge in [0, 0.05) is 28.3 Å². The fraction of sp³-hybridized carbons (Fsp3) is 0.133. The molecule has 50 heavy (non-hydrogen) atoms. The number of rotatable bonds is 5. The summed E-state index contributed by atoms with van der Waals surface area (Å²) in [7, 11) is 0. The molecule has 1 fully saturated rings. The quantitative estimate of drug-likeness (QED) is 0.176. The maximum atomic E-state index is 10.1. The molecule has 1 spiro atoms. The molecule has 3 aliphatic rings. The minimum Gasteiger partial charge on any atom is -0.254 e. The molecule has 2 heterocycles. The number of allylic oxidation sites excluding steroid dienone is 1. The lowest BCUT2D eigenvalue weighted by atomic mass is 9.66. The van der Waals surface area contributed by atoms with Crippen LogP contribution in [0.2, 0.25) is 0 Å². The van der Waals surface area contributed by atoms with Crippen molar-refractivity contribution in [3.8, 4) is 62.5 Å². The monoisotopic (exact) mass is 641 g/mol. The van der Waals surface area contributed by atoms with Crippen molar-refractivity contribution in [2.24, 2.45) is 4.99 Å².